The highest BCUT2D eigenvalue weighted by molar-refractivity contribution is 6.00. The van der Waals surface area contributed by atoms with Crippen LogP contribution in [-0.2, 0) is 23.9 Å². The Hall–Kier alpha value is -1.65. The molecule has 6 atom stereocenters. The minimum absolute atomic E-state index is 0.00459. The van der Waals surface area contributed by atoms with Crippen LogP contribution in [0.15, 0.2) is 12.2 Å². The molecule has 0 N–H and O–H groups in total. The molecular weight excluding hydrogens is 332 g/mol. The van der Waals surface area contributed by atoms with E-state index in [1.165, 1.54) is 6.92 Å². The molecule has 144 valence electrons. The van der Waals surface area contributed by atoms with Crippen LogP contribution < -0.4 is 0 Å². The van der Waals surface area contributed by atoms with Crippen molar-refractivity contribution < 1.29 is 23.9 Å². The molecule has 26 heavy (non-hydrogen) atoms. The maximum absolute atomic E-state index is 13.1. The fourth-order valence-electron chi connectivity index (χ4n) is 6.38. The number of ether oxygens (including phenoxy) is 2. The molecule has 2 saturated carbocycles. The van der Waals surface area contributed by atoms with Gasteiger partial charge in [-0.1, -0.05) is 40.7 Å². The molecule has 1 spiro atoms. The zero-order chi connectivity index (χ0) is 19.7. The molecule has 0 heterocycles. The Morgan fingerprint density at radius 1 is 1.19 bits per heavy atom. The van der Waals surface area contributed by atoms with Crippen LogP contribution in [0.5, 0.6) is 0 Å². The Labute approximate surface area is 155 Å². The monoisotopic (exact) mass is 362 g/mol. The van der Waals surface area contributed by atoms with Crippen molar-refractivity contribution in [3.63, 3.8) is 0 Å². The van der Waals surface area contributed by atoms with Crippen molar-refractivity contribution in [2.45, 2.75) is 67.1 Å². The molecule has 0 aromatic carbocycles. The van der Waals surface area contributed by atoms with Gasteiger partial charge in [-0.15, -0.1) is 0 Å². The average Bonchev–Trinajstić information content (AvgIpc) is 2.99. The van der Waals surface area contributed by atoms with Crippen LogP contribution >= 0.6 is 0 Å². The van der Waals surface area contributed by atoms with Crippen molar-refractivity contribution in [3.05, 3.63) is 12.2 Å². The van der Waals surface area contributed by atoms with Crippen molar-refractivity contribution >= 4 is 17.7 Å². The summed E-state index contributed by atoms with van der Waals surface area (Å²) in [5.41, 5.74) is -1.79. The van der Waals surface area contributed by atoms with Crippen molar-refractivity contribution in [2.75, 3.05) is 0 Å². The zero-order valence-corrected chi connectivity index (χ0v) is 16.8. The minimum atomic E-state index is -0.833. The number of esters is 2. The topological polar surface area (TPSA) is 69.7 Å². The smallest absolute Gasteiger partial charge is 0.308 e. The van der Waals surface area contributed by atoms with Crippen LogP contribution in [0, 0.1) is 34.0 Å². The summed E-state index contributed by atoms with van der Waals surface area (Å²) < 4.78 is 11.7. The van der Waals surface area contributed by atoms with Crippen LogP contribution in [0.4, 0.5) is 0 Å². The van der Waals surface area contributed by atoms with E-state index >= 15 is 0 Å². The van der Waals surface area contributed by atoms with E-state index in [1.54, 1.807) is 19.9 Å². The van der Waals surface area contributed by atoms with Crippen LogP contribution in [0.25, 0.3) is 0 Å². The largest absolute Gasteiger partial charge is 0.462 e. The van der Waals surface area contributed by atoms with E-state index in [1.807, 2.05) is 26.8 Å². The van der Waals surface area contributed by atoms with Gasteiger partial charge in [-0.2, -0.15) is 0 Å². The van der Waals surface area contributed by atoms with Gasteiger partial charge >= 0.3 is 11.9 Å². The van der Waals surface area contributed by atoms with Gasteiger partial charge in [0, 0.05) is 23.7 Å². The first-order valence-corrected chi connectivity index (χ1v) is 9.52. The second-order valence-electron chi connectivity index (χ2n) is 9.39. The number of hydrogen-bond acceptors (Lipinski definition) is 5. The molecule has 0 aliphatic heterocycles. The lowest BCUT2D eigenvalue weighted by Gasteiger charge is -2.41. The highest BCUT2D eigenvalue weighted by Gasteiger charge is 2.80. The van der Waals surface area contributed by atoms with Gasteiger partial charge in [0.15, 0.2) is 5.78 Å². The number of ketones is 1. The molecule has 0 bridgehead atoms. The molecule has 0 saturated heterocycles. The number of carbonyl (C=O) groups is 3. The average molecular weight is 362 g/mol. The molecule has 5 nitrogen and oxygen atoms in total. The van der Waals surface area contributed by atoms with Crippen molar-refractivity contribution in [1.29, 1.82) is 0 Å². The first kappa shape index (κ1) is 19.1. The molecule has 0 aromatic heterocycles. The van der Waals surface area contributed by atoms with Crippen LogP contribution in [0.2, 0.25) is 0 Å². The Morgan fingerprint density at radius 2 is 1.81 bits per heavy atom. The van der Waals surface area contributed by atoms with Gasteiger partial charge < -0.3 is 9.47 Å². The standard InChI is InChI=1S/C21H30O5/c1-11(2)17(24)26-18-19(5,6)16-14(25-13(4)22)10-12(3)21(16)9-8-15(23)20(18,21)7/h8-9,11-12,14,16,18H,10H2,1-7H3. The summed E-state index contributed by atoms with van der Waals surface area (Å²) in [5, 5.41) is 0. The van der Waals surface area contributed by atoms with Crippen molar-refractivity contribution in [1.82, 2.24) is 0 Å². The SMILES string of the molecule is CC(=O)OC1CC(C)C23C=CC(=O)C2(C)C(OC(=O)C(C)C)C(C)(C)C13. The molecule has 3 rings (SSSR count). The molecule has 2 fully saturated rings. The number of hydrogen-bond donors (Lipinski definition) is 0. The van der Waals surface area contributed by atoms with Gasteiger partial charge in [-0.05, 0) is 25.3 Å². The van der Waals surface area contributed by atoms with E-state index in [2.05, 4.69) is 6.92 Å². The van der Waals surface area contributed by atoms with E-state index in [0.29, 0.717) is 6.42 Å². The highest BCUT2D eigenvalue weighted by Crippen LogP contribution is 2.75. The summed E-state index contributed by atoms with van der Waals surface area (Å²) in [6, 6.07) is 0. The molecule has 6 unspecified atom stereocenters. The summed E-state index contributed by atoms with van der Waals surface area (Å²) in [7, 11) is 0. The summed E-state index contributed by atoms with van der Waals surface area (Å²) in [5.74, 6) is -0.802. The third-order valence-corrected chi connectivity index (χ3v) is 7.23. The zero-order valence-electron chi connectivity index (χ0n) is 16.8. The van der Waals surface area contributed by atoms with Crippen molar-refractivity contribution in [2.24, 2.45) is 34.0 Å². The van der Waals surface area contributed by atoms with Gasteiger partial charge in [0.05, 0.1) is 11.3 Å². The third kappa shape index (κ3) is 2.12. The first-order chi connectivity index (χ1) is 11.9. The Kier molecular flexibility index (Phi) is 4.17. The molecular formula is C21H30O5. The van der Waals surface area contributed by atoms with Gasteiger partial charge in [-0.3, -0.25) is 14.4 Å². The molecule has 0 aromatic rings. The van der Waals surface area contributed by atoms with E-state index in [4.69, 9.17) is 9.47 Å². The summed E-state index contributed by atoms with van der Waals surface area (Å²) in [6.45, 7) is 13.1. The lowest BCUT2D eigenvalue weighted by Crippen LogP contribution is -2.49. The second-order valence-corrected chi connectivity index (χ2v) is 9.39. The Morgan fingerprint density at radius 3 is 2.35 bits per heavy atom. The summed E-state index contributed by atoms with van der Waals surface area (Å²) >= 11 is 0. The maximum atomic E-state index is 13.1. The molecule has 5 heteroatoms. The van der Waals surface area contributed by atoms with Gasteiger partial charge in [0.2, 0.25) is 0 Å². The number of rotatable bonds is 3. The predicted octanol–water partition coefficient (Wildman–Crippen LogP) is 3.31. The lowest BCUT2D eigenvalue weighted by atomic mass is 9.61. The van der Waals surface area contributed by atoms with Crippen LogP contribution in [-0.4, -0.2) is 29.9 Å². The van der Waals surface area contributed by atoms with Gasteiger partial charge in [-0.25, -0.2) is 0 Å². The molecule has 0 radical (unpaired) electrons. The normalized spacial score (nSPS) is 42.7. The summed E-state index contributed by atoms with van der Waals surface area (Å²) in [6.07, 6.45) is 3.53. The second kappa shape index (κ2) is 5.67. The van der Waals surface area contributed by atoms with E-state index < -0.39 is 22.3 Å². The third-order valence-electron chi connectivity index (χ3n) is 7.23. The fourth-order valence-corrected chi connectivity index (χ4v) is 6.38. The molecule has 3 aliphatic rings. The predicted molar refractivity (Wildman–Crippen MR) is 96.0 cm³/mol. The van der Waals surface area contributed by atoms with Crippen molar-refractivity contribution in [3.8, 4) is 0 Å². The van der Waals surface area contributed by atoms with E-state index in [-0.39, 0.29) is 41.6 Å². The number of allylic oxidation sites excluding steroid dienone is 2. The lowest BCUT2D eigenvalue weighted by molar-refractivity contribution is -0.171. The first-order valence-electron chi connectivity index (χ1n) is 9.52. The quantitative estimate of drug-likeness (QED) is 0.721. The Balaban J connectivity index is 2.14. The van der Waals surface area contributed by atoms with Crippen LogP contribution in [0.3, 0.4) is 0 Å². The van der Waals surface area contributed by atoms with E-state index in [9.17, 15) is 14.4 Å². The molecule has 0 amide bonds. The van der Waals surface area contributed by atoms with Gasteiger partial charge in [0.1, 0.15) is 12.2 Å². The molecule has 3 aliphatic carbocycles. The van der Waals surface area contributed by atoms with Crippen LogP contribution in [0.1, 0.15) is 54.9 Å². The van der Waals surface area contributed by atoms with Gasteiger partial charge in [0.25, 0.3) is 0 Å². The Bertz CT molecular complexity index is 691. The maximum Gasteiger partial charge on any atom is 0.308 e. The summed E-state index contributed by atoms with van der Waals surface area (Å²) in [4.78, 5) is 37.2. The highest BCUT2D eigenvalue weighted by atomic mass is 16.6. The fraction of sp³-hybridized carbons (Fsp3) is 0.762. The minimum Gasteiger partial charge on any atom is -0.462 e. The van der Waals surface area contributed by atoms with E-state index in [0.717, 1.165) is 0 Å². The number of carbonyl (C=O) groups excluding carboxylic acids is 3.